The Morgan fingerprint density at radius 1 is 0.714 bits per heavy atom. The molecule has 4 rings (SSSR count). The summed E-state index contributed by atoms with van der Waals surface area (Å²) in [6.45, 7) is 1.52. The summed E-state index contributed by atoms with van der Waals surface area (Å²) in [6.07, 6.45) is 6.08. The summed E-state index contributed by atoms with van der Waals surface area (Å²) in [4.78, 5) is 4.24. The Hall–Kier alpha value is -4.21. The molecule has 4 aromatic rings. The molecule has 214 valence electrons. The molecular formula is C35H35FIN5. The highest BCUT2D eigenvalue weighted by molar-refractivity contribution is 5.75. The van der Waals surface area contributed by atoms with Crippen LogP contribution in [-0.4, -0.2) is 27.2 Å². The van der Waals surface area contributed by atoms with Crippen LogP contribution in [0.2, 0.25) is 0 Å². The smallest absolute Gasteiger partial charge is 0.213 e. The molecule has 3 aromatic carbocycles. The number of hydrogen-bond acceptors (Lipinski definition) is 4. The molecule has 0 aliphatic carbocycles. The Morgan fingerprint density at radius 3 is 1.90 bits per heavy atom. The summed E-state index contributed by atoms with van der Waals surface area (Å²) < 4.78 is 15.8. The van der Waals surface area contributed by atoms with Gasteiger partial charge in [0.1, 0.15) is 12.9 Å². The van der Waals surface area contributed by atoms with E-state index in [1.807, 2.05) is 21.1 Å². The predicted octanol–water partition coefficient (Wildman–Crippen LogP) is 4.25. The van der Waals surface area contributed by atoms with Gasteiger partial charge in [-0.2, -0.15) is 15.1 Å². The lowest BCUT2D eigenvalue weighted by Gasteiger charge is -2.18. The molecule has 0 spiro atoms. The zero-order valence-corrected chi connectivity index (χ0v) is 26.4. The van der Waals surface area contributed by atoms with Crippen LogP contribution in [0.25, 0.3) is 34.5 Å². The van der Waals surface area contributed by atoms with E-state index in [9.17, 15) is 4.39 Å². The van der Waals surface area contributed by atoms with Crippen LogP contribution in [0, 0.1) is 28.5 Å². The van der Waals surface area contributed by atoms with Gasteiger partial charge in [0, 0.05) is 68.8 Å². The summed E-state index contributed by atoms with van der Waals surface area (Å²) in [5, 5.41) is 17.7. The molecule has 0 aliphatic rings. The van der Waals surface area contributed by atoms with Gasteiger partial charge in [-0.1, -0.05) is 24.3 Å². The summed E-state index contributed by atoms with van der Waals surface area (Å²) in [7, 11) is 6.06. The van der Waals surface area contributed by atoms with Crippen LogP contribution in [0.3, 0.4) is 0 Å². The van der Waals surface area contributed by atoms with Crippen molar-refractivity contribution in [3.05, 3.63) is 102 Å². The maximum atomic E-state index is 13.7. The first-order valence-electron chi connectivity index (χ1n) is 13.7. The van der Waals surface area contributed by atoms with Crippen molar-refractivity contribution in [2.45, 2.75) is 19.3 Å². The van der Waals surface area contributed by atoms with Crippen molar-refractivity contribution in [3.63, 3.8) is 0 Å². The third-order valence-corrected chi connectivity index (χ3v) is 7.25. The van der Waals surface area contributed by atoms with Crippen LogP contribution < -0.4 is 38.3 Å². The van der Waals surface area contributed by atoms with Gasteiger partial charge in [-0.25, -0.2) is 4.39 Å². The molecule has 0 aliphatic heterocycles. The first-order valence-corrected chi connectivity index (χ1v) is 13.7. The fourth-order valence-corrected chi connectivity index (χ4v) is 4.71. The second-order valence-electron chi connectivity index (χ2n) is 10.1. The van der Waals surface area contributed by atoms with E-state index < -0.39 is 0 Å². The van der Waals surface area contributed by atoms with Gasteiger partial charge in [-0.05, 0) is 77.7 Å². The molecule has 7 heteroatoms. The highest BCUT2D eigenvalue weighted by Gasteiger charge is 2.17. The number of aromatic nitrogens is 1. The quantitative estimate of drug-likeness (QED) is 0.136. The monoisotopic (exact) mass is 671 g/mol. The molecule has 0 saturated heterocycles. The Kier molecular flexibility index (Phi) is 12.1. The second-order valence-corrected chi connectivity index (χ2v) is 10.1. The topological polar surface area (TPSA) is 57.9 Å². The molecule has 0 N–H and O–H groups in total. The fraction of sp³-hybridized carbons (Fsp3) is 0.229. The molecule has 0 amide bonds. The summed E-state index contributed by atoms with van der Waals surface area (Å²) in [6, 6.07) is 32.0. The summed E-state index contributed by atoms with van der Waals surface area (Å²) in [5.74, 6) is -0.261. The molecule has 5 nitrogen and oxygen atoms in total. The average Bonchev–Trinajstić information content (AvgIpc) is 3.00. The van der Waals surface area contributed by atoms with E-state index in [1.54, 1.807) is 12.1 Å². The molecule has 1 heterocycles. The van der Waals surface area contributed by atoms with Crippen LogP contribution in [0.1, 0.15) is 30.5 Å². The molecule has 0 fully saturated rings. The van der Waals surface area contributed by atoms with Crippen LogP contribution in [0.15, 0.2) is 84.9 Å². The van der Waals surface area contributed by atoms with Crippen LogP contribution in [0.5, 0.6) is 0 Å². The average molecular weight is 672 g/mol. The molecule has 0 atom stereocenters. The molecular weight excluding hydrogens is 636 g/mol. The van der Waals surface area contributed by atoms with Crippen molar-refractivity contribution in [3.8, 4) is 34.5 Å². The third-order valence-electron chi connectivity index (χ3n) is 7.25. The second kappa shape index (κ2) is 15.7. The van der Waals surface area contributed by atoms with Gasteiger partial charge in [0.05, 0.1) is 18.6 Å². The van der Waals surface area contributed by atoms with Gasteiger partial charge in [0.25, 0.3) is 0 Å². The molecule has 0 unspecified atom stereocenters. The Bertz CT molecular complexity index is 1570. The number of halogens is 2. The van der Waals surface area contributed by atoms with Gasteiger partial charge in [-0.15, -0.1) is 0 Å². The fourth-order valence-electron chi connectivity index (χ4n) is 4.71. The van der Waals surface area contributed by atoms with E-state index in [2.05, 4.69) is 99.3 Å². The summed E-state index contributed by atoms with van der Waals surface area (Å²) in [5.41, 5.74) is 8.31. The van der Waals surface area contributed by atoms with Gasteiger partial charge >= 0.3 is 0 Å². The van der Waals surface area contributed by atoms with Crippen LogP contribution in [-0.2, 0) is 7.05 Å². The minimum absolute atomic E-state index is 0. The maximum absolute atomic E-state index is 13.7. The standard InChI is InChI=1S/C35H35FN5.HI/c1-39(23-5-4-21-37)32-16-7-27(8-17-32)9-18-34-25-30(26-35(41(34)3)29-10-14-31(36)15-11-29)28-12-19-33(20-13-28)40(2)24-6-22-38;/h7-20,25-26H,4-6,23-24H2,1-3H3;1H/q+1;/p-1. The van der Waals surface area contributed by atoms with Crippen molar-refractivity contribution < 1.29 is 32.9 Å². The number of nitrogens with zero attached hydrogens (tertiary/aromatic N) is 5. The first-order chi connectivity index (χ1) is 19.9. The van der Waals surface area contributed by atoms with Crippen molar-refractivity contribution in [1.29, 1.82) is 10.5 Å². The van der Waals surface area contributed by atoms with E-state index in [1.165, 1.54) is 12.1 Å². The normalized spacial score (nSPS) is 10.5. The zero-order valence-electron chi connectivity index (χ0n) is 24.3. The van der Waals surface area contributed by atoms with Crippen molar-refractivity contribution in [2.75, 3.05) is 37.0 Å². The van der Waals surface area contributed by atoms with E-state index in [0.29, 0.717) is 19.4 Å². The maximum Gasteiger partial charge on any atom is 0.213 e. The Labute approximate surface area is 265 Å². The van der Waals surface area contributed by atoms with Crippen LogP contribution >= 0.6 is 0 Å². The largest absolute Gasteiger partial charge is 1.00 e. The highest BCUT2D eigenvalue weighted by atomic mass is 127. The van der Waals surface area contributed by atoms with Crippen LogP contribution in [0.4, 0.5) is 15.8 Å². The van der Waals surface area contributed by atoms with Crippen molar-refractivity contribution >= 4 is 23.5 Å². The minimum Gasteiger partial charge on any atom is -1.00 e. The minimum atomic E-state index is -0.261. The van der Waals surface area contributed by atoms with Crippen molar-refractivity contribution in [2.24, 2.45) is 7.05 Å². The van der Waals surface area contributed by atoms with Gasteiger partial charge in [0.15, 0.2) is 0 Å². The molecule has 1 aromatic heterocycles. The van der Waals surface area contributed by atoms with E-state index in [-0.39, 0.29) is 29.8 Å². The lowest BCUT2D eigenvalue weighted by atomic mass is 10.0. The van der Waals surface area contributed by atoms with Gasteiger partial charge < -0.3 is 33.8 Å². The number of benzene rings is 3. The van der Waals surface area contributed by atoms with E-state index in [0.717, 1.165) is 58.0 Å². The molecule has 0 saturated carbocycles. The SMILES string of the molecule is CN(CCC#N)c1ccc(-c2cc(/C=C/c3ccc(N(C)CCCC#N)cc3)[n+](C)c(-c3ccc(F)cc3)c2)cc1.[I-]. The third kappa shape index (κ3) is 8.41. The molecule has 0 bridgehead atoms. The predicted molar refractivity (Wildman–Crippen MR) is 165 cm³/mol. The Balaban J connectivity index is 0.00000484. The van der Waals surface area contributed by atoms with E-state index >= 15 is 0 Å². The van der Waals surface area contributed by atoms with Crippen molar-refractivity contribution in [1.82, 2.24) is 0 Å². The number of rotatable bonds is 11. The highest BCUT2D eigenvalue weighted by Crippen LogP contribution is 2.28. The number of unbranched alkanes of at least 4 members (excludes halogenated alkanes) is 1. The number of pyridine rings is 1. The zero-order chi connectivity index (χ0) is 29.2. The van der Waals surface area contributed by atoms with Gasteiger partial charge in [0.2, 0.25) is 11.4 Å². The molecule has 42 heavy (non-hydrogen) atoms. The number of hydrogen-bond donors (Lipinski definition) is 0. The van der Waals surface area contributed by atoms with Gasteiger partial charge in [-0.3, -0.25) is 0 Å². The van der Waals surface area contributed by atoms with E-state index in [4.69, 9.17) is 10.5 Å². The first kappa shape index (κ1) is 32.3. The molecule has 0 radical (unpaired) electrons. The Morgan fingerprint density at radius 2 is 1.29 bits per heavy atom. The lowest BCUT2D eigenvalue weighted by molar-refractivity contribution is -0.662. The lowest BCUT2D eigenvalue weighted by Crippen LogP contribution is -3.00. The number of nitriles is 2. The number of anilines is 2. The summed E-state index contributed by atoms with van der Waals surface area (Å²) >= 11 is 0.